The number of hydrogen-bond donors (Lipinski definition) is 1. The summed E-state index contributed by atoms with van der Waals surface area (Å²) in [4.78, 5) is 0. The average molecular weight is 380 g/mol. The quantitative estimate of drug-likeness (QED) is 0.697. The second-order valence-electron chi connectivity index (χ2n) is 8.74. The van der Waals surface area contributed by atoms with Crippen LogP contribution in [0.2, 0.25) is 0 Å². The Bertz CT molecular complexity index is 660. The van der Waals surface area contributed by atoms with Gasteiger partial charge in [-0.05, 0) is 62.3 Å². The van der Waals surface area contributed by atoms with Gasteiger partial charge in [0.05, 0.1) is 5.60 Å². The van der Waals surface area contributed by atoms with Crippen LogP contribution in [-0.2, 0) is 5.60 Å². The molecule has 1 aromatic rings. The summed E-state index contributed by atoms with van der Waals surface area (Å²) in [7, 11) is 0. The van der Waals surface area contributed by atoms with Crippen LogP contribution in [0.1, 0.15) is 76.7 Å². The number of hydrogen-bond acceptors (Lipinski definition) is 3. The van der Waals surface area contributed by atoms with Gasteiger partial charge < -0.3 is 14.6 Å². The minimum atomic E-state index is -3.65. The summed E-state index contributed by atoms with van der Waals surface area (Å²) in [6, 6.07) is 4.81. The monoisotopic (exact) mass is 380 g/mol. The van der Waals surface area contributed by atoms with E-state index in [1.807, 2.05) is 0 Å². The molecule has 0 saturated heterocycles. The Hall–Kier alpha value is -1.36. The number of aliphatic hydroxyl groups is 1. The largest absolute Gasteiger partial charge is 0.586 e. The van der Waals surface area contributed by atoms with Crippen molar-refractivity contribution in [3.05, 3.63) is 23.8 Å². The highest BCUT2D eigenvalue weighted by Crippen LogP contribution is 2.52. The van der Waals surface area contributed by atoms with E-state index in [0.29, 0.717) is 24.3 Å². The minimum Gasteiger partial charge on any atom is -0.395 e. The molecule has 5 heteroatoms. The van der Waals surface area contributed by atoms with E-state index >= 15 is 0 Å². The number of para-hydroxylation sites is 1. The number of ether oxygens (including phenoxy) is 2. The first-order chi connectivity index (χ1) is 12.9. The molecule has 3 aliphatic rings. The summed E-state index contributed by atoms with van der Waals surface area (Å²) in [5.41, 5.74) is -0.660. The Labute approximate surface area is 160 Å². The molecular weight excluding hydrogens is 350 g/mol. The van der Waals surface area contributed by atoms with Crippen LogP contribution < -0.4 is 9.47 Å². The third-order valence-electron chi connectivity index (χ3n) is 7.04. The first-order valence-corrected chi connectivity index (χ1v) is 10.5. The summed E-state index contributed by atoms with van der Waals surface area (Å²) in [5, 5.41) is 11.2. The van der Waals surface area contributed by atoms with E-state index in [0.717, 1.165) is 24.7 Å². The van der Waals surface area contributed by atoms with Crippen molar-refractivity contribution in [3.63, 3.8) is 0 Å². The minimum absolute atomic E-state index is 0.00326. The summed E-state index contributed by atoms with van der Waals surface area (Å²) >= 11 is 0. The van der Waals surface area contributed by atoms with Gasteiger partial charge in [-0.3, -0.25) is 0 Å². The van der Waals surface area contributed by atoms with Crippen LogP contribution in [0.25, 0.3) is 0 Å². The van der Waals surface area contributed by atoms with E-state index in [-0.39, 0.29) is 11.5 Å². The lowest BCUT2D eigenvalue weighted by molar-refractivity contribution is -0.287. The zero-order chi connectivity index (χ0) is 19.1. The number of benzene rings is 1. The van der Waals surface area contributed by atoms with Gasteiger partial charge >= 0.3 is 6.29 Å². The molecule has 1 heterocycles. The smallest absolute Gasteiger partial charge is 0.395 e. The van der Waals surface area contributed by atoms with Crippen molar-refractivity contribution in [1.29, 1.82) is 0 Å². The average Bonchev–Trinajstić information content (AvgIpc) is 2.97. The fraction of sp³-hybridized carbons (Fsp3) is 0.727. The lowest BCUT2D eigenvalue weighted by Crippen LogP contribution is -2.35. The third-order valence-corrected chi connectivity index (χ3v) is 7.04. The first-order valence-electron chi connectivity index (χ1n) is 10.5. The molecule has 0 spiro atoms. The predicted molar refractivity (Wildman–Crippen MR) is 98.9 cm³/mol. The Morgan fingerprint density at radius 2 is 1.67 bits per heavy atom. The Balaban J connectivity index is 1.40. The van der Waals surface area contributed by atoms with Crippen LogP contribution in [-0.4, -0.2) is 11.4 Å². The molecule has 2 saturated carbocycles. The van der Waals surface area contributed by atoms with Crippen LogP contribution in [0.4, 0.5) is 8.78 Å². The predicted octanol–water partition coefficient (Wildman–Crippen LogP) is 5.99. The normalized spacial score (nSPS) is 35.2. The van der Waals surface area contributed by atoms with Crippen molar-refractivity contribution in [3.8, 4) is 11.5 Å². The highest BCUT2D eigenvalue weighted by atomic mass is 19.3. The number of alkyl halides is 2. The molecule has 1 aliphatic heterocycles. The molecule has 0 atom stereocenters. The lowest BCUT2D eigenvalue weighted by Gasteiger charge is -2.41. The molecule has 1 N–H and O–H groups in total. The molecule has 150 valence electrons. The second kappa shape index (κ2) is 7.23. The third kappa shape index (κ3) is 3.80. The number of halogens is 2. The molecular formula is C22H30F2O3. The van der Waals surface area contributed by atoms with E-state index in [9.17, 15) is 13.9 Å². The molecule has 0 unspecified atom stereocenters. The highest BCUT2D eigenvalue weighted by Gasteiger charge is 2.48. The van der Waals surface area contributed by atoms with E-state index < -0.39 is 11.9 Å². The van der Waals surface area contributed by atoms with Gasteiger partial charge in [0.2, 0.25) is 0 Å². The first kappa shape index (κ1) is 19.0. The maximum Gasteiger partial charge on any atom is 0.586 e. The van der Waals surface area contributed by atoms with Gasteiger partial charge in [0, 0.05) is 5.56 Å². The molecule has 3 nitrogen and oxygen atoms in total. The van der Waals surface area contributed by atoms with Crippen LogP contribution in [0.3, 0.4) is 0 Å². The van der Waals surface area contributed by atoms with Crippen molar-refractivity contribution >= 4 is 0 Å². The van der Waals surface area contributed by atoms with Crippen LogP contribution in [0.5, 0.6) is 11.5 Å². The molecule has 2 fully saturated rings. The van der Waals surface area contributed by atoms with Crippen molar-refractivity contribution in [2.24, 2.45) is 17.8 Å². The van der Waals surface area contributed by atoms with Crippen molar-refractivity contribution in [2.75, 3.05) is 0 Å². The topological polar surface area (TPSA) is 38.7 Å². The van der Waals surface area contributed by atoms with Gasteiger partial charge in [-0.25, -0.2) is 0 Å². The van der Waals surface area contributed by atoms with Crippen LogP contribution in [0.15, 0.2) is 18.2 Å². The fourth-order valence-corrected chi connectivity index (χ4v) is 5.55. The molecule has 0 amide bonds. The summed E-state index contributed by atoms with van der Waals surface area (Å²) in [6.07, 6.45) is 7.34. The molecule has 2 aliphatic carbocycles. The SMILES string of the molecule is CCCC1CCC(C2CCC(O)(c3cccc4c3OC(F)(F)O4)CC2)CC1. The summed E-state index contributed by atoms with van der Waals surface area (Å²) in [6.45, 7) is 2.26. The highest BCUT2D eigenvalue weighted by molar-refractivity contribution is 5.51. The van der Waals surface area contributed by atoms with Crippen molar-refractivity contribution in [2.45, 2.75) is 83.0 Å². The zero-order valence-corrected chi connectivity index (χ0v) is 16.1. The maximum absolute atomic E-state index is 13.5. The lowest BCUT2D eigenvalue weighted by atomic mass is 9.66. The van der Waals surface area contributed by atoms with Crippen LogP contribution >= 0.6 is 0 Å². The molecule has 1 aromatic carbocycles. The van der Waals surface area contributed by atoms with Gasteiger partial charge in [0.25, 0.3) is 0 Å². The van der Waals surface area contributed by atoms with E-state index in [1.54, 1.807) is 12.1 Å². The second-order valence-corrected chi connectivity index (χ2v) is 8.74. The Morgan fingerprint density at radius 3 is 2.33 bits per heavy atom. The van der Waals surface area contributed by atoms with Gasteiger partial charge in [-0.1, -0.05) is 44.7 Å². The van der Waals surface area contributed by atoms with Gasteiger partial charge in [0.15, 0.2) is 11.5 Å². The fourth-order valence-electron chi connectivity index (χ4n) is 5.55. The maximum atomic E-state index is 13.5. The van der Waals surface area contributed by atoms with Gasteiger partial charge in [-0.15, -0.1) is 8.78 Å². The van der Waals surface area contributed by atoms with Crippen molar-refractivity contribution in [1.82, 2.24) is 0 Å². The van der Waals surface area contributed by atoms with E-state index in [2.05, 4.69) is 11.7 Å². The van der Waals surface area contributed by atoms with E-state index in [4.69, 9.17) is 4.74 Å². The Kier molecular flexibility index (Phi) is 5.08. The van der Waals surface area contributed by atoms with E-state index in [1.165, 1.54) is 44.6 Å². The van der Waals surface area contributed by atoms with Gasteiger partial charge in [0.1, 0.15) is 0 Å². The standard InChI is InChI=1S/C22H30F2O3/c1-2-4-15-7-9-16(10-8-15)17-11-13-21(25,14-12-17)18-5-3-6-19-20(18)27-22(23,24)26-19/h3,5-6,15-17,25H,2,4,7-14H2,1H3. The number of fused-ring (bicyclic) bond motifs is 1. The number of rotatable bonds is 4. The molecule has 4 rings (SSSR count). The molecule has 27 heavy (non-hydrogen) atoms. The van der Waals surface area contributed by atoms with Gasteiger partial charge in [-0.2, -0.15) is 0 Å². The summed E-state index contributed by atoms with van der Waals surface area (Å²) < 4.78 is 36.2. The molecule has 0 radical (unpaired) electrons. The van der Waals surface area contributed by atoms with Crippen LogP contribution in [0, 0.1) is 17.8 Å². The molecule has 0 aromatic heterocycles. The Morgan fingerprint density at radius 1 is 1.00 bits per heavy atom. The van der Waals surface area contributed by atoms with Crippen molar-refractivity contribution < 1.29 is 23.4 Å². The molecule has 0 bridgehead atoms. The zero-order valence-electron chi connectivity index (χ0n) is 16.1. The summed E-state index contributed by atoms with van der Waals surface area (Å²) in [5.74, 6) is 2.32.